The summed E-state index contributed by atoms with van der Waals surface area (Å²) < 4.78 is 28.2. The number of aromatic nitrogens is 5. The minimum Gasteiger partial charge on any atom is -0.360 e. The van der Waals surface area contributed by atoms with Gasteiger partial charge in [0.2, 0.25) is 0 Å². The van der Waals surface area contributed by atoms with Crippen LogP contribution in [0.2, 0.25) is 5.02 Å². The molecule has 7 nitrogen and oxygen atoms in total. The number of aromatic amines is 1. The Morgan fingerprint density at radius 3 is 2.93 bits per heavy atom. The molecule has 1 N–H and O–H groups in total. The lowest BCUT2D eigenvalue weighted by atomic mass is 10.0. The van der Waals surface area contributed by atoms with Gasteiger partial charge in [0.15, 0.2) is 0 Å². The van der Waals surface area contributed by atoms with Crippen molar-refractivity contribution in [1.82, 2.24) is 25.2 Å². The van der Waals surface area contributed by atoms with Crippen molar-refractivity contribution in [3.8, 4) is 0 Å². The predicted molar refractivity (Wildman–Crippen MR) is 99.7 cm³/mol. The van der Waals surface area contributed by atoms with Crippen LogP contribution >= 0.6 is 11.6 Å². The molecule has 4 rings (SSSR count). The van der Waals surface area contributed by atoms with Crippen LogP contribution in [0.5, 0.6) is 0 Å². The van der Waals surface area contributed by atoms with Gasteiger partial charge in [0.25, 0.3) is 12.0 Å². The minimum absolute atomic E-state index is 0.00130. The standard InChI is InChI=1S/C18H17ClF2N6O/c1-10-6-14-13(9-26(10)15-7-22-24-18(28)16(15)19)23-25-27(14)8-11-4-2-3-5-12(11)17(20)21/h2-5,7,10,17H,6,8-9H2,1H3,(H,24,28)/t10-/m1/s1. The number of rotatable bonds is 4. The summed E-state index contributed by atoms with van der Waals surface area (Å²) in [6.45, 7) is 2.62. The molecule has 1 aromatic carbocycles. The fraction of sp³-hybridized carbons (Fsp3) is 0.333. The molecule has 1 aliphatic heterocycles. The van der Waals surface area contributed by atoms with E-state index in [-0.39, 0.29) is 23.2 Å². The molecule has 3 heterocycles. The maximum Gasteiger partial charge on any atom is 0.285 e. The molecule has 146 valence electrons. The van der Waals surface area contributed by atoms with Crippen LogP contribution < -0.4 is 10.5 Å². The van der Waals surface area contributed by atoms with E-state index in [2.05, 4.69) is 20.5 Å². The fourth-order valence-electron chi connectivity index (χ4n) is 3.50. The van der Waals surface area contributed by atoms with Gasteiger partial charge in [-0.2, -0.15) is 5.10 Å². The maximum absolute atomic E-state index is 13.3. The van der Waals surface area contributed by atoms with Crippen LogP contribution in [0, 0.1) is 0 Å². The molecule has 0 amide bonds. The topological polar surface area (TPSA) is 79.7 Å². The van der Waals surface area contributed by atoms with Gasteiger partial charge in [-0.05, 0) is 12.5 Å². The summed E-state index contributed by atoms with van der Waals surface area (Å²) in [7, 11) is 0. The Morgan fingerprint density at radius 1 is 1.36 bits per heavy atom. The number of H-pyrrole nitrogens is 1. The molecule has 0 bridgehead atoms. The molecule has 3 aromatic rings. The van der Waals surface area contributed by atoms with Crippen molar-refractivity contribution in [2.24, 2.45) is 0 Å². The number of fused-ring (bicyclic) bond motifs is 1. The third-order valence-electron chi connectivity index (χ3n) is 4.96. The molecular formula is C18H17ClF2N6O. The van der Waals surface area contributed by atoms with Gasteiger partial charge < -0.3 is 4.90 Å². The summed E-state index contributed by atoms with van der Waals surface area (Å²) in [5, 5.41) is 14.6. The average Bonchev–Trinajstić information content (AvgIpc) is 3.05. The second-order valence-corrected chi connectivity index (χ2v) is 7.10. The number of alkyl halides is 2. The number of nitrogens with zero attached hydrogens (tertiary/aromatic N) is 5. The first kappa shape index (κ1) is 18.5. The lowest BCUT2D eigenvalue weighted by molar-refractivity contribution is 0.150. The Kier molecular flexibility index (Phi) is 4.84. The molecule has 1 atom stereocenters. The molecule has 0 radical (unpaired) electrons. The smallest absolute Gasteiger partial charge is 0.285 e. The SMILES string of the molecule is C[C@@H]1Cc2c(nnn2Cc2ccccc2C(F)F)CN1c1cn[nH]c(=O)c1Cl. The van der Waals surface area contributed by atoms with Crippen molar-refractivity contribution in [3.05, 3.63) is 68.4 Å². The van der Waals surface area contributed by atoms with E-state index in [1.807, 2.05) is 11.8 Å². The number of nitrogens with one attached hydrogen (secondary N) is 1. The number of anilines is 1. The molecular weight excluding hydrogens is 390 g/mol. The highest BCUT2D eigenvalue weighted by atomic mass is 35.5. The van der Waals surface area contributed by atoms with E-state index in [4.69, 9.17) is 11.6 Å². The van der Waals surface area contributed by atoms with Crippen LogP contribution in [0.3, 0.4) is 0 Å². The maximum atomic E-state index is 13.3. The van der Waals surface area contributed by atoms with Crippen LogP contribution in [0.4, 0.5) is 14.5 Å². The van der Waals surface area contributed by atoms with Gasteiger partial charge in [-0.1, -0.05) is 41.1 Å². The van der Waals surface area contributed by atoms with Crippen molar-refractivity contribution in [3.63, 3.8) is 0 Å². The second kappa shape index (κ2) is 7.31. The normalized spacial score (nSPS) is 16.5. The second-order valence-electron chi connectivity index (χ2n) is 6.72. The fourth-order valence-corrected chi connectivity index (χ4v) is 3.70. The Balaban J connectivity index is 1.64. The van der Waals surface area contributed by atoms with Crippen LogP contribution in [0.15, 0.2) is 35.3 Å². The van der Waals surface area contributed by atoms with Crippen molar-refractivity contribution >= 4 is 17.3 Å². The molecule has 2 aromatic heterocycles. The van der Waals surface area contributed by atoms with Gasteiger partial charge in [0, 0.05) is 18.0 Å². The van der Waals surface area contributed by atoms with E-state index in [9.17, 15) is 13.6 Å². The Hall–Kier alpha value is -2.81. The molecule has 0 saturated carbocycles. The monoisotopic (exact) mass is 406 g/mol. The van der Waals surface area contributed by atoms with Crippen molar-refractivity contribution in [2.45, 2.75) is 38.9 Å². The summed E-state index contributed by atoms with van der Waals surface area (Å²) in [5.74, 6) is 0. The Morgan fingerprint density at radius 2 is 2.14 bits per heavy atom. The highest BCUT2D eigenvalue weighted by Gasteiger charge is 2.30. The van der Waals surface area contributed by atoms with Crippen LogP contribution in [0.1, 0.15) is 35.9 Å². The van der Waals surface area contributed by atoms with Gasteiger partial charge in [-0.15, -0.1) is 5.10 Å². The zero-order valence-electron chi connectivity index (χ0n) is 14.9. The minimum atomic E-state index is -2.55. The molecule has 28 heavy (non-hydrogen) atoms. The lowest BCUT2D eigenvalue weighted by Gasteiger charge is -2.34. The van der Waals surface area contributed by atoms with Crippen LogP contribution in [-0.4, -0.2) is 31.2 Å². The third kappa shape index (κ3) is 3.26. The summed E-state index contributed by atoms with van der Waals surface area (Å²) in [6, 6.07) is 6.43. The number of halogens is 3. The van der Waals surface area contributed by atoms with E-state index in [0.29, 0.717) is 24.2 Å². The van der Waals surface area contributed by atoms with Gasteiger partial charge in [-0.3, -0.25) is 4.79 Å². The molecule has 0 unspecified atom stereocenters. The first-order valence-electron chi connectivity index (χ1n) is 8.72. The molecule has 0 spiro atoms. The Bertz CT molecular complexity index is 1070. The summed E-state index contributed by atoms with van der Waals surface area (Å²) in [5.41, 5.74) is 2.21. The van der Waals surface area contributed by atoms with Gasteiger partial charge in [0.1, 0.15) is 10.7 Å². The highest BCUT2D eigenvalue weighted by molar-refractivity contribution is 6.33. The third-order valence-corrected chi connectivity index (χ3v) is 5.32. The number of benzene rings is 1. The van der Waals surface area contributed by atoms with Crippen LogP contribution in [0.25, 0.3) is 0 Å². The molecule has 1 aliphatic rings. The van der Waals surface area contributed by atoms with E-state index >= 15 is 0 Å². The first-order chi connectivity index (χ1) is 13.5. The Labute approximate surface area is 163 Å². The highest BCUT2D eigenvalue weighted by Crippen LogP contribution is 2.31. The molecule has 0 fully saturated rings. The summed E-state index contributed by atoms with van der Waals surface area (Å²) >= 11 is 6.14. The van der Waals surface area contributed by atoms with Gasteiger partial charge in [-0.25, -0.2) is 18.6 Å². The summed E-state index contributed by atoms with van der Waals surface area (Å²) in [6.07, 6.45) is -0.451. The van der Waals surface area contributed by atoms with Gasteiger partial charge >= 0.3 is 0 Å². The van der Waals surface area contributed by atoms with Crippen LogP contribution in [-0.2, 0) is 19.5 Å². The van der Waals surface area contributed by atoms with Gasteiger partial charge in [0.05, 0.1) is 30.7 Å². The van der Waals surface area contributed by atoms with E-state index in [1.165, 1.54) is 12.3 Å². The quantitative estimate of drug-likeness (QED) is 0.720. The predicted octanol–water partition coefficient (Wildman–Crippen LogP) is 2.95. The molecule has 0 aliphatic carbocycles. The van der Waals surface area contributed by atoms with Crippen molar-refractivity contribution in [1.29, 1.82) is 0 Å². The number of hydrogen-bond donors (Lipinski definition) is 1. The van der Waals surface area contributed by atoms with E-state index in [0.717, 1.165) is 11.4 Å². The lowest BCUT2D eigenvalue weighted by Crippen LogP contribution is -2.40. The first-order valence-corrected chi connectivity index (χ1v) is 9.10. The average molecular weight is 407 g/mol. The number of hydrogen-bond acceptors (Lipinski definition) is 5. The van der Waals surface area contributed by atoms with E-state index < -0.39 is 12.0 Å². The van der Waals surface area contributed by atoms with Crippen molar-refractivity contribution < 1.29 is 8.78 Å². The summed E-state index contributed by atoms with van der Waals surface area (Å²) in [4.78, 5) is 13.7. The molecule has 10 heteroatoms. The molecule has 0 saturated heterocycles. The zero-order valence-corrected chi connectivity index (χ0v) is 15.7. The van der Waals surface area contributed by atoms with E-state index in [1.54, 1.807) is 22.9 Å². The van der Waals surface area contributed by atoms with Crippen molar-refractivity contribution in [2.75, 3.05) is 4.90 Å². The zero-order chi connectivity index (χ0) is 19.8. The largest absolute Gasteiger partial charge is 0.360 e.